The Morgan fingerprint density at radius 3 is 2.76 bits per heavy atom. The third-order valence-corrected chi connectivity index (χ3v) is 5.07. The van der Waals surface area contributed by atoms with Crippen LogP contribution in [0.5, 0.6) is 5.75 Å². The lowest BCUT2D eigenvalue weighted by atomic mass is 9.84. The van der Waals surface area contributed by atoms with E-state index in [1.807, 2.05) is 12.1 Å². The van der Waals surface area contributed by atoms with Gasteiger partial charge in [0.25, 0.3) is 0 Å². The van der Waals surface area contributed by atoms with Crippen LogP contribution in [0.1, 0.15) is 50.9 Å². The highest BCUT2D eigenvalue weighted by Crippen LogP contribution is 2.36. The fourth-order valence-corrected chi connectivity index (χ4v) is 3.81. The molecule has 0 N–H and O–H groups in total. The Balaban J connectivity index is 2.05. The van der Waals surface area contributed by atoms with Crippen LogP contribution in [0.2, 0.25) is 0 Å². The van der Waals surface area contributed by atoms with Crippen LogP contribution in [0.15, 0.2) is 18.2 Å². The summed E-state index contributed by atoms with van der Waals surface area (Å²) < 4.78 is 7.71. The second-order valence-corrected chi connectivity index (χ2v) is 6.29. The molecular weight excluding hydrogens is 284 g/mol. The number of benzene rings is 1. The first kappa shape index (κ1) is 14.7. The number of imidazole rings is 1. The Morgan fingerprint density at radius 2 is 2.10 bits per heavy atom. The number of methoxy groups -OCH3 is 1. The third-order valence-electron chi connectivity index (χ3n) is 4.83. The first-order chi connectivity index (χ1) is 10.2. The molecule has 0 radical (unpaired) electrons. The maximum Gasteiger partial charge on any atom is 0.125 e. The van der Waals surface area contributed by atoms with Crippen LogP contribution in [0, 0.1) is 5.92 Å². The second kappa shape index (κ2) is 6.27. The fourth-order valence-electron chi connectivity index (χ4n) is 3.63. The van der Waals surface area contributed by atoms with Crippen molar-refractivity contribution in [2.45, 2.75) is 50.9 Å². The standard InChI is InChI=1S/C17H23ClN2O/c1-12(13-6-4-3-5-7-13)20-16-10-14(21-2)8-9-15(16)19-17(20)11-18/h8-10,12-13H,3-7,11H2,1-2H3. The molecule has 1 aromatic heterocycles. The quantitative estimate of drug-likeness (QED) is 0.749. The van der Waals surface area contributed by atoms with Gasteiger partial charge in [0.1, 0.15) is 11.6 Å². The Bertz CT molecular complexity index is 617. The maximum atomic E-state index is 6.15. The molecule has 3 nitrogen and oxygen atoms in total. The van der Waals surface area contributed by atoms with E-state index in [4.69, 9.17) is 21.3 Å². The Kier molecular flexibility index (Phi) is 4.39. The monoisotopic (exact) mass is 306 g/mol. The number of alkyl halides is 1. The van der Waals surface area contributed by atoms with E-state index < -0.39 is 0 Å². The average Bonchev–Trinajstić information content (AvgIpc) is 2.92. The Hall–Kier alpha value is -1.22. The Morgan fingerprint density at radius 1 is 1.33 bits per heavy atom. The highest BCUT2D eigenvalue weighted by atomic mass is 35.5. The molecule has 0 spiro atoms. The molecule has 2 aromatic rings. The zero-order chi connectivity index (χ0) is 14.8. The molecule has 1 aliphatic carbocycles. The van der Waals surface area contributed by atoms with Gasteiger partial charge in [-0.25, -0.2) is 4.98 Å². The molecule has 0 amide bonds. The summed E-state index contributed by atoms with van der Waals surface area (Å²) >= 11 is 6.15. The maximum absolute atomic E-state index is 6.15. The average molecular weight is 307 g/mol. The molecule has 1 heterocycles. The summed E-state index contributed by atoms with van der Waals surface area (Å²) in [4.78, 5) is 4.70. The highest BCUT2D eigenvalue weighted by Gasteiger charge is 2.25. The summed E-state index contributed by atoms with van der Waals surface area (Å²) in [5, 5.41) is 0. The van der Waals surface area contributed by atoms with Crippen molar-refractivity contribution in [2.24, 2.45) is 5.92 Å². The normalized spacial score (nSPS) is 18.0. The number of hydrogen-bond acceptors (Lipinski definition) is 2. The van der Waals surface area contributed by atoms with Crippen molar-refractivity contribution in [3.05, 3.63) is 24.0 Å². The molecule has 0 bridgehead atoms. The topological polar surface area (TPSA) is 27.1 Å². The van der Waals surface area contributed by atoms with Crippen LogP contribution in [0.4, 0.5) is 0 Å². The number of nitrogens with zero attached hydrogens (tertiary/aromatic N) is 2. The minimum absolute atomic E-state index is 0.441. The smallest absolute Gasteiger partial charge is 0.125 e. The van der Waals surface area contributed by atoms with Crippen molar-refractivity contribution in [1.82, 2.24) is 9.55 Å². The highest BCUT2D eigenvalue weighted by molar-refractivity contribution is 6.16. The molecule has 3 rings (SSSR count). The van der Waals surface area contributed by atoms with Crippen molar-refractivity contribution >= 4 is 22.6 Å². The zero-order valence-corrected chi connectivity index (χ0v) is 13.6. The number of halogens is 1. The van der Waals surface area contributed by atoms with Gasteiger partial charge in [-0.05, 0) is 37.8 Å². The summed E-state index contributed by atoms with van der Waals surface area (Å²) in [6, 6.07) is 6.51. The molecule has 4 heteroatoms. The summed E-state index contributed by atoms with van der Waals surface area (Å²) in [6.45, 7) is 2.31. The van der Waals surface area contributed by atoms with Crippen molar-refractivity contribution in [3.8, 4) is 5.75 Å². The molecular formula is C17H23ClN2O. The molecule has 21 heavy (non-hydrogen) atoms. The summed E-state index contributed by atoms with van der Waals surface area (Å²) in [5.74, 6) is 3.02. The van der Waals surface area contributed by atoms with Crippen molar-refractivity contribution < 1.29 is 4.74 Å². The van der Waals surface area contributed by atoms with E-state index in [1.54, 1.807) is 7.11 Å². The van der Waals surface area contributed by atoms with Gasteiger partial charge in [0.2, 0.25) is 0 Å². The van der Waals surface area contributed by atoms with E-state index in [2.05, 4.69) is 17.6 Å². The summed E-state index contributed by atoms with van der Waals surface area (Å²) in [7, 11) is 1.70. The van der Waals surface area contributed by atoms with Gasteiger partial charge in [-0.1, -0.05) is 19.3 Å². The van der Waals surface area contributed by atoms with Gasteiger partial charge in [-0.2, -0.15) is 0 Å². The molecule has 1 saturated carbocycles. The largest absolute Gasteiger partial charge is 0.497 e. The van der Waals surface area contributed by atoms with Crippen LogP contribution < -0.4 is 4.74 Å². The predicted octanol–water partition coefficient (Wildman–Crippen LogP) is 4.93. The van der Waals surface area contributed by atoms with Gasteiger partial charge < -0.3 is 9.30 Å². The molecule has 1 aliphatic rings. The van der Waals surface area contributed by atoms with E-state index in [-0.39, 0.29) is 0 Å². The van der Waals surface area contributed by atoms with Crippen LogP contribution in [0.25, 0.3) is 11.0 Å². The minimum Gasteiger partial charge on any atom is -0.497 e. The molecule has 1 unspecified atom stereocenters. The minimum atomic E-state index is 0.441. The van der Waals surface area contributed by atoms with Gasteiger partial charge in [0.15, 0.2) is 0 Å². The van der Waals surface area contributed by atoms with E-state index in [9.17, 15) is 0 Å². The number of hydrogen-bond donors (Lipinski definition) is 0. The van der Waals surface area contributed by atoms with E-state index in [1.165, 1.54) is 32.1 Å². The van der Waals surface area contributed by atoms with Gasteiger partial charge in [-0.3, -0.25) is 0 Å². The molecule has 114 valence electrons. The van der Waals surface area contributed by atoms with Crippen LogP contribution in [0.3, 0.4) is 0 Å². The predicted molar refractivity (Wildman–Crippen MR) is 87.1 cm³/mol. The molecule has 1 aromatic carbocycles. The number of aromatic nitrogens is 2. The summed E-state index contributed by atoms with van der Waals surface area (Å²) in [5.41, 5.74) is 2.15. The lowest BCUT2D eigenvalue weighted by molar-refractivity contribution is 0.265. The van der Waals surface area contributed by atoms with Gasteiger partial charge >= 0.3 is 0 Å². The molecule has 0 aliphatic heterocycles. The number of rotatable bonds is 4. The first-order valence-corrected chi connectivity index (χ1v) is 8.39. The SMILES string of the molecule is COc1ccc2nc(CCl)n(C(C)C3CCCCC3)c2c1. The first-order valence-electron chi connectivity index (χ1n) is 7.85. The van der Waals surface area contributed by atoms with Gasteiger partial charge in [0, 0.05) is 12.1 Å². The third kappa shape index (κ3) is 2.76. The summed E-state index contributed by atoms with van der Waals surface area (Å²) in [6.07, 6.45) is 6.70. The Labute approximate surface area is 131 Å². The fraction of sp³-hybridized carbons (Fsp3) is 0.588. The van der Waals surface area contributed by atoms with Crippen molar-refractivity contribution in [2.75, 3.05) is 7.11 Å². The van der Waals surface area contributed by atoms with Crippen LogP contribution in [-0.4, -0.2) is 16.7 Å². The van der Waals surface area contributed by atoms with E-state index in [0.717, 1.165) is 28.5 Å². The molecule has 1 fully saturated rings. The number of fused-ring (bicyclic) bond motifs is 1. The van der Waals surface area contributed by atoms with Crippen LogP contribution in [-0.2, 0) is 5.88 Å². The zero-order valence-electron chi connectivity index (χ0n) is 12.8. The van der Waals surface area contributed by atoms with Crippen molar-refractivity contribution in [3.63, 3.8) is 0 Å². The van der Waals surface area contributed by atoms with Crippen molar-refractivity contribution in [1.29, 1.82) is 0 Å². The van der Waals surface area contributed by atoms with Crippen LogP contribution >= 0.6 is 11.6 Å². The van der Waals surface area contributed by atoms with Gasteiger partial charge in [0.05, 0.1) is 24.0 Å². The molecule has 1 atom stereocenters. The second-order valence-electron chi connectivity index (χ2n) is 6.03. The van der Waals surface area contributed by atoms with Gasteiger partial charge in [-0.15, -0.1) is 11.6 Å². The molecule has 0 saturated heterocycles. The lowest BCUT2D eigenvalue weighted by Gasteiger charge is -2.30. The number of ether oxygens (including phenoxy) is 1. The van der Waals surface area contributed by atoms with E-state index >= 15 is 0 Å². The van der Waals surface area contributed by atoms with E-state index in [0.29, 0.717) is 11.9 Å². The lowest BCUT2D eigenvalue weighted by Crippen LogP contribution is -2.20.